The third kappa shape index (κ3) is 1.48. The Morgan fingerprint density at radius 1 is 1.31 bits per heavy atom. The summed E-state index contributed by atoms with van der Waals surface area (Å²) < 4.78 is 0. The molecule has 0 aliphatic rings. The van der Waals surface area contributed by atoms with Crippen molar-refractivity contribution in [3.05, 3.63) is 35.2 Å². The maximum atomic E-state index is 5.85. The van der Waals surface area contributed by atoms with Crippen molar-refractivity contribution in [1.29, 1.82) is 0 Å². The number of hydrogen-bond acceptors (Lipinski definition) is 3. The highest BCUT2D eigenvalue weighted by atomic mass is 35.5. The van der Waals surface area contributed by atoms with Crippen LogP contribution in [0, 0.1) is 0 Å². The molecular weight excluding hydrogens is 186 g/mol. The number of nitrogens with zero attached hydrogens (tertiary/aromatic N) is 2. The van der Waals surface area contributed by atoms with Gasteiger partial charge in [0.15, 0.2) is 0 Å². The number of rotatable bonds is 1. The van der Waals surface area contributed by atoms with Crippen molar-refractivity contribution in [1.82, 2.24) is 9.97 Å². The SMILES string of the molecule is NCc1ncnc2ccc(Cl)cc12. The monoisotopic (exact) mass is 193 g/mol. The standard InChI is InChI=1S/C9H8ClN3/c10-6-1-2-8-7(3-6)9(4-11)13-5-12-8/h1-3,5H,4,11H2. The molecule has 0 bridgehead atoms. The minimum absolute atomic E-state index is 0.402. The minimum atomic E-state index is 0.402. The van der Waals surface area contributed by atoms with E-state index in [4.69, 9.17) is 17.3 Å². The highest BCUT2D eigenvalue weighted by molar-refractivity contribution is 6.31. The third-order valence-corrected chi connectivity index (χ3v) is 2.11. The molecule has 0 aliphatic heterocycles. The van der Waals surface area contributed by atoms with E-state index in [2.05, 4.69) is 9.97 Å². The molecule has 1 aromatic heterocycles. The van der Waals surface area contributed by atoms with Gasteiger partial charge in [0.2, 0.25) is 0 Å². The van der Waals surface area contributed by atoms with Crippen LogP contribution in [0.2, 0.25) is 5.02 Å². The topological polar surface area (TPSA) is 51.8 Å². The highest BCUT2D eigenvalue weighted by Crippen LogP contribution is 2.19. The fraction of sp³-hybridized carbons (Fsp3) is 0.111. The Morgan fingerprint density at radius 3 is 2.92 bits per heavy atom. The summed E-state index contributed by atoms with van der Waals surface area (Å²) in [4.78, 5) is 8.18. The summed E-state index contributed by atoms with van der Waals surface area (Å²) in [7, 11) is 0. The second-order valence-electron chi connectivity index (χ2n) is 2.69. The zero-order valence-electron chi connectivity index (χ0n) is 6.87. The van der Waals surface area contributed by atoms with Crippen LogP contribution in [0.25, 0.3) is 10.9 Å². The van der Waals surface area contributed by atoms with Crippen LogP contribution in [-0.4, -0.2) is 9.97 Å². The first kappa shape index (κ1) is 8.41. The number of halogens is 1. The van der Waals surface area contributed by atoms with Crippen molar-refractivity contribution >= 4 is 22.5 Å². The summed E-state index contributed by atoms with van der Waals surface area (Å²) in [5, 5.41) is 1.61. The molecule has 3 nitrogen and oxygen atoms in total. The molecule has 0 atom stereocenters. The number of fused-ring (bicyclic) bond motifs is 1. The predicted molar refractivity (Wildman–Crippen MR) is 52.4 cm³/mol. The van der Waals surface area contributed by atoms with Gasteiger partial charge in [-0.25, -0.2) is 9.97 Å². The van der Waals surface area contributed by atoms with E-state index in [0.29, 0.717) is 11.6 Å². The lowest BCUT2D eigenvalue weighted by Crippen LogP contribution is -2.00. The van der Waals surface area contributed by atoms with Crippen molar-refractivity contribution in [3.8, 4) is 0 Å². The lowest BCUT2D eigenvalue weighted by molar-refractivity contribution is 0.990. The Balaban J connectivity index is 2.79. The molecule has 2 N–H and O–H groups in total. The van der Waals surface area contributed by atoms with E-state index in [1.165, 1.54) is 6.33 Å². The number of hydrogen-bond donors (Lipinski definition) is 1. The molecule has 2 aromatic rings. The second-order valence-corrected chi connectivity index (χ2v) is 3.12. The van der Waals surface area contributed by atoms with Gasteiger partial charge in [-0.15, -0.1) is 0 Å². The molecule has 4 heteroatoms. The molecule has 0 unspecified atom stereocenters. The van der Waals surface area contributed by atoms with Crippen molar-refractivity contribution in [2.45, 2.75) is 6.54 Å². The Morgan fingerprint density at radius 2 is 2.15 bits per heavy atom. The summed E-state index contributed by atoms with van der Waals surface area (Å²) in [6, 6.07) is 5.49. The van der Waals surface area contributed by atoms with Crippen molar-refractivity contribution in [2.24, 2.45) is 5.73 Å². The molecule has 2 rings (SSSR count). The third-order valence-electron chi connectivity index (χ3n) is 1.87. The maximum Gasteiger partial charge on any atom is 0.116 e. The molecule has 0 amide bonds. The molecule has 66 valence electrons. The van der Waals surface area contributed by atoms with Gasteiger partial charge in [-0.2, -0.15) is 0 Å². The van der Waals surface area contributed by atoms with E-state index in [9.17, 15) is 0 Å². The van der Waals surface area contributed by atoms with Crippen LogP contribution in [0.3, 0.4) is 0 Å². The van der Waals surface area contributed by atoms with Gasteiger partial charge in [-0.05, 0) is 18.2 Å². The normalized spacial score (nSPS) is 10.6. The van der Waals surface area contributed by atoms with E-state index in [-0.39, 0.29) is 0 Å². The van der Waals surface area contributed by atoms with Crippen LogP contribution < -0.4 is 5.73 Å². The van der Waals surface area contributed by atoms with E-state index in [0.717, 1.165) is 16.6 Å². The van der Waals surface area contributed by atoms with E-state index < -0.39 is 0 Å². The van der Waals surface area contributed by atoms with Crippen LogP contribution in [0.5, 0.6) is 0 Å². The fourth-order valence-corrected chi connectivity index (χ4v) is 1.42. The van der Waals surface area contributed by atoms with Gasteiger partial charge in [0, 0.05) is 17.0 Å². The molecule has 0 aliphatic carbocycles. The van der Waals surface area contributed by atoms with Crippen LogP contribution in [-0.2, 0) is 6.54 Å². The van der Waals surface area contributed by atoms with Crippen molar-refractivity contribution < 1.29 is 0 Å². The quantitative estimate of drug-likeness (QED) is 0.751. The highest BCUT2D eigenvalue weighted by Gasteiger charge is 2.01. The molecule has 13 heavy (non-hydrogen) atoms. The van der Waals surface area contributed by atoms with Gasteiger partial charge in [0.05, 0.1) is 11.2 Å². The summed E-state index contributed by atoms with van der Waals surface area (Å²) in [6.45, 7) is 0.402. The summed E-state index contributed by atoms with van der Waals surface area (Å²) in [6.07, 6.45) is 1.51. The average molecular weight is 194 g/mol. The molecule has 0 spiro atoms. The van der Waals surface area contributed by atoms with E-state index in [1.54, 1.807) is 6.07 Å². The van der Waals surface area contributed by atoms with Gasteiger partial charge >= 0.3 is 0 Å². The maximum absolute atomic E-state index is 5.85. The minimum Gasteiger partial charge on any atom is -0.325 e. The predicted octanol–water partition coefficient (Wildman–Crippen LogP) is 1.74. The van der Waals surface area contributed by atoms with Crippen molar-refractivity contribution in [2.75, 3.05) is 0 Å². The van der Waals surface area contributed by atoms with Gasteiger partial charge in [-0.1, -0.05) is 11.6 Å². The number of aromatic nitrogens is 2. The zero-order valence-corrected chi connectivity index (χ0v) is 7.62. The molecule has 0 saturated heterocycles. The van der Waals surface area contributed by atoms with E-state index in [1.807, 2.05) is 12.1 Å². The van der Waals surface area contributed by atoms with Crippen LogP contribution in [0.4, 0.5) is 0 Å². The number of nitrogens with two attached hydrogens (primary N) is 1. The molecular formula is C9H8ClN3. The molecule has 0 radical (unpaired) electrons. The van der Waals surface area contributed by atoms with Crippen LogP contribution in [0.1, 0.15) is 5.69 Å². The lowest BCUT2D eigenvalue weighted by atomic mass is 10.2. The van der Waals surface area contributed by atoms with Crippen LogP contribution in [0.15, 0.2) is 24.5 Å². The number of benzene rings is 1. The average Bonchev–Trinajstić information content (AvgIpc) is 2.17. The summed E-state index contributed by atoms with van der Waals surface area (Å²) in [5.41, 5.74) is 7.23. The van der Waals surface area contributed by atoms with E-state index >= 15 is 0 Å². The Bertz CT molecular complexity index is 442. The fourth-order valence-electron chi connectivity index (χ4n) is 1.24. The van der Waals surface area contributed by atoms with Gasteiger partial charge < -0.3 is 5.73 Å². The Kier molecular flexibility index (Phi) is 2.12. The largest absolute Gasteiger partial charge is 0.325 e. The second kappa shape index (κ2) is 3.28. The lowest BCUT2D eigenvalue weighted by Gasteiger charge is -2.01. The van der Waals surface area contributed by atoms with Crippen molar-refractivity contribution in [3.63, 3.8) is 0 Å². The van der Waals surface area contributed by atoms with Crippen LogP contribution >= 0.6 is 11.6 Å². The smallest absolute Gasteiger partial charge is 0.116 e. The first-order chi connectivity index (χ1) is 6.31. The first-order valence-electron chi connectivity index (χ1n) is 3.90. The zero-order chi connectivity index (χ0) is 9.26. The van der Waals surface area contributed by atoms with Gasteiger partial charge in [0.25, 0.3) is 0 Å². The Labute approximate surface area is 80.6 Å². The van der Waals surface area contributed by atoms with Gasteiger partial charge in [-0.3, -0.25) is 0 Å². The molecule has 1 aromatic carbocycles. The summed E-state index contributed by atoms with van der Waals surface area (Å²) in [5.74, 6) is 0. The Hall–Kier alpha value is -1.19. The van der Waals surface area contributed by atoms with Gasteiger partial charge in [0.1, 0.15) is 6.33 Å². The molecule has 1 heterocycles. The first-order valence-corrected chi connectivity index (χ1v) is 4.28. The molecule has 0 saturated carbocycles. The summed E-state index contributed by atoms with van der Waals surface area (Å²) >= 11 is 5.85. The molecule has 0 fully saturated rings.